The highest BCUT2D eigenvalue weighted by atomic mass is 16.5. The van der Waals surface area contributed by atoms with Crippen LogP contribution in [-0.2, 0) is 9.53 Å². The second-order valence-electron chi connectivity index (χ2n) is 7.55. The van der Waals surface area contributed by atoms with Crippen LogP contribution in [0.25, 0.3) is 0 Å². The van der Waals surface area contributed by atoms with Crippen LogP contribution in [0.4, 0.5) is 0 Å². The Morgan fingerprint density at radius 3 is 2.43 bits per heavy atom. The molecule has 0 radical (unpaired) electrons. The molecule has 0 heterocycles. The van der Waals surface area contributed by atoms with Gasteiger partial charge in [-0.15, -0.1) is 0 Å². The van der Waals surface area contributed by atoms with Gasteiger partial charge < -0.3 is 10.1 Å². The van der Waals surface area contributed by atoms with Gasteiger partial charge in [-0.25, -0.2) is 0 Å². The highest BCUT2D eigenvalue weighted by Crippen LogP contribution is 2.48. The summed E-state index contributed by atoms with van der Waals surface area (Å²) in [4.78, 5) is 25.4. The van der Waals surface area contributed by atoms with Crippen molar-refractivity contribution in [3.63, 3.8) is 0 Å². The first kappa shape index (κ1) is 17.3. The second kappa shape index (κ2) is 5.84. The molecule has 1 N–H and O–H groups in total. The zero-order valence-electron chi connectivity index (χ0n) is 14.7. The third-order valence-electron chi connectivity index (χ3n) is 4.26. The average Bonchev–Trinajstić information content (AvgIpc) is 2.45. The lowest BCUT2D eigenvalue weighted by molar-refractivity contribution is -0.144. The van der Waals surface area contributed by atoms with Gasteiger partial charge >= 0.3 is 5.97 Å². The van der Waals surface area contributed by atoms with Crippen LogP contribution in [0.5, 0.6) is 0 Å². The molecule has 1 aromatic carbocycles. The number of allylic oxidation sites excluding steroid dienone is 1. The fourth-order valence-electron chi connectivity index (χ4n) is 3.02. The van der Waals surface area contributed by atoms with E-state index in [1.165, 1.54) is 7.11 Å². The Morgan fingerprint density at radius 2 is 1.87 bits per heavy atom. The normalized spacial score (nSPS) is 21.7. The summed E-state index contributed by atoms with van der Waals surface area (Å²) in [5, 5.41) is 3.25. The Morgan fingerprint density at radius 1 is 1.26 bits per heavy atom. The summed E-state index contributed by atoms with van der Waals surface area (Å²) in [6.07, 6.45) is 1.76. The van der Waals surface area contributed by atoms with Crippen molar-refractivity contribution in [1.29, 1.82) is 0 Å². The molecule has 124 valence electrons. The van der Waals surface area contributed by atoms with E-state index in [0.717, 1.165) is 5.56 Å². The zero-order chi connectivity index (χ0) is 17.4. The number of rotatable bonds is 2. The van der Waals surface area contributed by atoms with Gasteiger partial charge in [0.05, 0.1) is 13.0 Å². The summed E-state index contributed by atoms with van der Waals surface area (Å²) in [7, 11) is 1.38. The standard InChI is InChI=1S/C19H25NO3/c1-18(2,3)20-11-14-16(21)13-10-8-7-9-12(13)15(17(22)23-6)19(14,4)5/h7-11,15,20H,1-6H3/b14-11+/t15-/m0/s1. The molecule has 23 heavy (non-hydrogen) atoms. The van der Waals surface area contributed by atoms with Gasteiger partial charge in [-0.05, 0) is 26.3 Å². The van der Waals surface area contributed by atoms with E-state index in [2.05, 4.69) is 5.32 Å². The molecule has 1 aliphatic carbocycles. The van der Waals surface area contributed by atoms with E-state index >= 15 is 0 Å². The largest absolute Gasteiger partial charge is 0.469 e. The Balaban J connectivity index is 2.63. The number of carbonyl (C=O) groups is 2. The molecule has 0 spiro atoms. The number of carbonyl (C=O) groups excluding carboxylic acids is 2. The van der Waals surface area contributed by atoms with Crippen molar-refractivity contribution in [2.45, 2.75) is 46.1 Å². The third kappa shape index (κ3) is 3.16. The maximum Gasteiger partial charge on any atom is 0.314 e. The van der Waals surface area contributed by atoms with Crippen molar-refractivity contribution in [1.82, 2.24) is 5.32 Å². The van der Waals surface area contributed by atoms with E-state index in [4.69, 9.17) is 4.74 Å². The maximum atomic E-state index is 12.9. The van der Waals surface area contributed by atoms with E-state index in [0.29, 0.717) is 11.1 Å². The van der Waals surface area contributed by atoms with Crippen LogP contribution in [-0.4, -0.2) is 24.4 Å². The molecule has 2 rings (SSSR count). The molecular formula is C19H25NO3. The van der Waals surface area contributed by atoms with Crippen molar-refractivity contribution < 1.29 is 14.3 Å². The number of nitrogens with one attached hydrogen (secondary N) is 1. The van der Waals surface area contributed by atoms with Crippen LogP contribution in [0.2, 0.25) is 0 Å². The SMILES string of the molecule is COC(=O)[C@@H]1c2ccccc2C(=O)/C(=C\NC(C)(C)C)C1(C)C. The van der Waals surface area contributed by atoms with Crippen LogP contribution in [0.3, 0.4) is 0 Å². The second-order valence-corrected chi connectivity index (χ2v) is 7.55. The highest BCUT2D eigenvalue weighted by molar-refractivity contribution is 6.13. The zero-order valence-corrected chi connectivity index (χ0v) is 14.7. The number of esters is 1. The minimum Gasteiger partial charge on any atom is -0.469 e. The Kier molecular flexibility index (Phi) is 4.38. The molecule has 0 fully saturated rings. The molecule has 0 bridgehead atoms. The van der Waals surface area contributed by atoms with E-state index in [1.807, 2.05) is 52.8 Å². The van der Waals surface area contributed by atoms with E-state index in [-0.39, 0.29) is 17.3 Å². The number of Topliss-reactive ketones (excluding diaryl/α,β-unsaturated/α-hetero) is 1. The van der Waals surface area contributed by atoms with E-state index in [1.54, 1.807) is 12.3 Å². The van der Waals surface area contributed by atoms with Gasteiger partial charge in [0.2, 0.25) is 0 Å². The summed E-state index contributed by atoms with van der Waals surface area (Å²) >= 11 is 0. The number of ketones is 1. The molecule has 4 heteroatoms. The monoisotopic (exact) mass is 315 g/mol. The lowest BCUT2D eigenvalue weighted by Gasteiger charge is -2.39. The number of hydrogen-bond donors (Lipinski definition) is 1. The van der Waals surface area contributed by atoms with Crippen molar-refractivity contribution in [3.05, 3.63) is 47.2 Å². The van der Waals surface area contributed by atoms with Crippen LogP contribution in [0, 0.1) is 5.41 Å². The van der Waals surface area contributed by atoms with Gasteiger partial charge in [0.25, 0.3) is 0 Å². The number of fused-ring (bicyclic) bond motifs is 1. The Labute approximate surface area is 137 Å². The summed E-state index contributed by atoms with van der Waals surface area (Å²) < 4.78 is 5.01. The molecule has 1 aromatic rings. The quantitative estimate of drug-likeness (QED) is 0.671. The molecule has 0 saturated heterocycles. The van der Waals surface area contributed by atoms with Crippen LogP contribution < -0.4 is 5.32 Å². The molecule has 0 aromatic heterocycles. The van der Waals surface area contributed by atoms with Gasteiger partial charge in [0.1, 0.15) is 0 Å². The molecule has 1 atom stereocenters. The maximum absolute atomic E-state index is 12.9. The lowest BCUT2D eigenvalue weighted by atomic mass is 9.63. The molecule has 0 unspecified atom stereocenters. The summed E-state index contributed by atoms with van der Waals surface area (Å²) in [5.74, 6) is -0.867. The third-order valence-corrected chi connectivity index (χ3v) is 4.26. The molecule has 4 nitrogen and oxygen atoms in total. The highest BCUT2D eigenvalue weighted by Gasteiger charge is 2.48. The Hall–Kier alpha value is -2.10. The fourth-order valence-corrected chi connectivity index (χ4v) is 3.02. The topological polar surface area (TPSA) is 55.4 Å². The minimum atomic E-state index is -0.656. The fraction of sp³-hybridized carbons (Fsp3) is 0.474. The average molecular weight is 315 g/mol. The lowest BCUT2D eigenvalue weighted by Crippen LogP contribution is -2.41. The summed E-state index contributed by atoms with van der Waals surface area (Å²) in [5.41, 5.74) is 1.09. The van der Waals surface area contributed by atoms with Crippen molar-refractivity contribution in [3.8, 4) is 0 Å². The first-order valence-electron chi connectivity index (χ1n) is 7.79. The summed E-state index contributed by atoms with van der Waals surface area (Å²) in [6.45, 7) is 9.90. The molecule has 0 aliphatic heterocycles. The van der Waals surface area contributed by atoms with Gasteiger partial charge in [0, 0.05) is 28.3 Å². The van der Waals surface area contributed by atoms with Crippen molar-refractivity contribution in [2.24, 2.45) is 5.41 Å². The number of benzene rings is 1. The number of hydrogen-bond acceptors (Lipinski definition) is 4. The van der Waals surface area contributed by atoms with Gasteiger partial charge in [0.15, 0.2) is 5.78 Å². The molecule has 1 aliphatic rings. The predicted molar refractivity (Wildman–Crippen MR) is 90.3 cm³/mol. The number of methoxy groups -OCH3 is 1. The predicted octanol–water partition coefficient (Wildman–Crippen LogP) is 3.44. The first-order chi connectivity index (χ1) is 10.6. The summed E-state index contributed by atoms with van der Waals surface area (Å²) in [6, 6.07) is 7.27. The number of ether oxygens (including phenoxy) is 1. The molecule has 0 saturated carbocycles. The van der Waals surface area contributed by atoms with Crippen LogP contribution in [0.15, 0.2) is 36.0 Å². The Bertz CT molecular complexity index is 665. The first-order valence-corrected chi connectivity index (χ1v) is 7.79. The van der Waals surface area contributed by atoms with E-state index < -0.39 is 11.3 Å². The minimum absolute atomic E-state index is 0.0393. The van der Waals surface area contributed by atoms with Gasteiger partial charge in [-0.2, -0.15) is 0 Å². The van der Waals surface area contributed by atoms with Gasteiger partial charge in [-0.3, -0.25) is 9.59 Å². The van der Waals surface area contributed by atoms with Gasteiger partial charge in [-0.1, -0.05) is 38.1 Å². The molecule has 0 amide bonds. The van der Waals surface area contributed by atoms with Crippen LogP contribution >= 0.6 is 0 Å². The smallest absolute Gasteiger partial charge is 0.314 e. The molecular weight excluding hydrogens is 290 g/mol. The van der Waals surface area contributed by atoms with Crippen molar-refractivity contribution >= 4 is 11.8 Å². The van der Waals surface area contributed by atoms with E-state index in [9.17, 15) is 9.59 Å². The van der Waals surface area contributed by atoms with Crippen molar-refractivity contribution in [2.75, 3.05) is 7.11 Å². The van der Waals surface area contributed by atoms with Crippen LogP contribution in [0.1, 0.15) is 56.5 Å².